The van der Waals surface area contributed by atoms with Crippen LogP contribution in [0, 0.1) is 0 Å². The normalized spacial score (nSPS) is 27.4. The van der Waals surface area contributed by atoms with Crippen LogP contribution < -0.4 is 0 Å². The molecule has 3 nitrogen and oxygen atoms in total. The van der Waals surface area contributed by atoms with Gasteiger partial charge in [0.15, 0.2) is 0 Å². The Kier molecular flexibility index (Phi) is 6.32. The first-order chi connectivity index (χ1) is 6.77. The van der Waals surface area contributed by atoms with Gasteiger partial charge in [-0.25, -0.2) is 0 Å². The van der Waals surface area contributed by atoms with E-state index in [0.717, 1.165) is 0 Å². The van der Waals surface area contributed by atoms with Gasteiger partial charge < -0.3 is 14.2 Å². The van der Waals surface area contributed by atoms with Crippen LogP contribution in [0.3, 0.4) is 0 Å². The molecule has 0 spiro atoms. The Morgan fingerprint density at radius 1 is 1.21 bits per heavy atom. The Morgan fingerprint density at radius 3 is 2.29 bits per heavy atom. The van der Waals surface area contributed by atoms with Crippen LogP contribution in [-0.2, 0) is 14.2 Å². The maximum Gasteiger partial charge on any atom is 0.104 e. The van der Waals surface area contributed by atoms with Gasteiger partial charge in [-0.05, 0) is 19.3 Å². The van der Waals surface area contributed by atoms with Gasteiger partial charge in [0.2, 0.25) is 0 Å². The van der Waals surface area contributed by atoms with E-state index in [1.54, 1.807) is 14.2 Å². The van der Waals surface area contributed by atoms with Crippen LogP contribution in [0.25, 0.3) is 0 Å². The van der Waals surface area contributed by atoms with E-state index in [2.05, 4.69) is 22.6 Å². The molecule has 84 valence electrons. The summed E-state index contributed by atoms with van der Waals surface area (Å²) in [5.41, 5.74) is 0. The highest BCUT2D eigenvalue weighted by molar-refractivity contribution is 14.1. The first-order valence-corrected chi connectivity index (χ1v) is 6.30. The molecule has 0 radical (unpaired) electrons. The van der Waals surface area contributed by atoms with Crippen molar-refractivity contribution in [3.63, 3.8) is 0 Å². The van der Waals surface area contributed by atoms with Crippen LogP contribution in [0.15, 0.2) is 0 Å². The van der Waals surface area contributed by atoms with Crippen molar-refractivity contribution in [2.45, 2.75) is 35.4 Å². The Labute approximate surface area is 99.6 Å². The third-order valence-corrected chi connectivity index (χ3v) is 3.87. The molecule has 1 fully saturated rings. The van der Waals surface area contributed by atoms with Crippen molar-refractivity contribution in [2.75, 3.05) is 27.4 Å². The minimum atomic E-state index is 0.0883. The molecule has 0 heterocycles. The fourth-order valence-electron chi connectivity index (χ4n) is 1.78. The van der Waals surface area contributed by atoms with Crippen LogP contribution in [0.4, 0.5) is 0 Å². The quantitative estimate of drug-likeness (QED) is 0.554. The highest BCUT2D eigenvalue weighted by Gasteiger charge is 2.28. The molecule has 0 aromatic rings. The molecule has 1 aliphatic carbocycles. The molecule has 0 aromatic carbocycles. The molecular formula is C10H19IO3. The van der Waals surface area contributed by atoms with E-state index in [-0.39, 0.29) is 6.10 Å². The zero-order valence-electron chi connectivity index (χ0n) is 8.87. The SMILES string of the molecule is COCC(COC)OC1CCCC1I. The average molecular weight is 314 g/mol. The van der Waals surface area contributed by atoms with Crippen LogP contribution in [-0.4, -0.2) is 43.6 Å². The van der Waals surface area contributed by atoms with E-state index in [9.17, 15) is 0 Å². The Morgan fingerprint density at radius 2 is 1.86 bits per heavy atom. The summed E-state index contributed by atoms with van der Waals surface area (Å²) in [6.45, 7) is 1.24. The van der Waals surface area contributed by atoms with E-state index < -0.39 is 0 Å². The zero-order valence-corrected chi connectivity index (χ0v) is 11.0. The van der Waals surface area contributed by atoms with E-state index in [0.29, 0.717) is 23.2 Å². The third kappa shape index (κ3) is 4.00. The van der Waals surface area contributed by atoms with Crippen molar-refractivity contribution in [1.82, 2.24) is 0 Å². The van der Waals surface area contributed by atoms with Gasteiger partial charge in [0.25, 0.3) is 0 Å². The topological polar surface area (TPSA) is 27.7 Å². The number of rotatable bonds is 6. The van der Waals surface area contributed by atoms with E-state index in [1.807, 2.05) is 0 Å². The molecule has 1 rings (SSSR count). The second-order valence-electron chi connectivity index (χ2n) is 3.65. The van der Waals surface area contributed by atoms with Gasteiger partial charge in [-0.3, -0.25) is 0 Å². The molecule has 2 atom stereocenters. The number of ether oxygens (including phenoxy) is 3. The lowest BCUT2D eigenvalue weighted by Gasteiger charge is -2.22. The Bertz CT molecular complexity index is 148. The van der Waals surface area contributed by atoms with Gasteiger partial charge in [0, 0.05) is 18.1 Å². The van der Waals surface area contributed by atoms with Gasteiger partial charge in [-0.2, -0.15) is 0 Å². The molecule has 4 heteroatoms. The van der Waals surface area contributed by atoms with E-state index in [4.69, 9.17) is 14.2 Å². The molecule has 1 saturated carbocycles. The number of hydrogen-bond donors (Lipinski definition) is 0. The van der Waals surface area contributed by atoms with Crippen molar-refractivity contribution >= 4 is 22.6 Å². The monoisotopic (exact) mass is 314 g/mol. The smallest absolute Gasteiger partial charge is 0.104 e. The maximum atomic E-state index is 5.95. The maximum absolute atomic E-state index is 5.95. The fraction of sp³-hybridized carbons (Fsp3) is 1.00. The number of hydrogen-bond acceptors (Lipinski definition) is 3. The first kappa shape index (κ1) is 12.7. The first-order valence-electron chi connectivity index (χ1n) is 5.05. The number of halogens is 1. The van der Waals surface area contributed by atoms with Gasteiger partial charge >= 0.3 is 0 Å². The van der Waals surface area contributed by atoms with Gasteiger partial charge in [-0.1, -0.05) is 22.6 Å². The average Bonchev–Trinajstić information content (AvgIpc) is 2.53. The summed E-state index contributed by atoms with van der Waals surface area (Å²) in [4.78, 5) is 0. The zero-order chi connectivity index (χ0) is 10.4. The molecule has 2 unspecified atom stereocenters. The van der Waals surface area contributed by atoms with Crippen LogP contribution >= 0.6 is 22.6 Å². The molecule has 0 aromatic heterocycles. The van der Waals surface area contributed by atoms with Crippen molar-refractivity contribution in [2.24, 2.45) is 0 Å². The van der Waals surface area contributed by atoms with Gasteiger partial charge in [0.05, 0.1) is 19.3 Å². The largest absolute Gasteiger partial charge is 0.382 e. The summed E-state index contributed by atoms with van der Waals surface area (Å²) in [6, 6.07) is 0. The second-order valence-corrected chi connectivity index (χ2v) is 5.25. The van der Waals surface area contributed by atoms with Crippen molar-refractivity contribution in [3.8, 4) is 0 Å². The molecule has 0 bridgehead atoms. The van der Waals surface area contributed by atoms with Gasteiger partial charge in [-0.15, -0.1) is 0 Å². The molecule has 14 heavy (non-hydrogen) atoms. The van der Waals surface area contributed by atoms with Crippen LogP contribution in [0.5, 0.6) is 0 Å². The standard InChI is InChI=1S/C10H19IO3/c1-12-6-8(7-13-2)14-10-5-3-4-9(10)11/h8-10H,3-7H2,1-2H3. The highest BCUT2D eigenvalue weighted by atomic mass is 127. The predicted molar refractivity (Wildman–Crippen MR) is 64.1 cm³/mol. The Balaban J connectivity index is 2.29. The lowest BCUT2D eigenvalue weighted by molar-refractivity contribution is -0.0726. The minimum absolute atomic E-state index is 0.0883. The summed E-state index contributed by atoms with van der Waals surface area (Å²) < 4.78 is 16.8. The molecule has 0 aliphatic heterocycles. The summed E-state index contributed by atoms with van der Waals surface area (Å²) in [5, 5.41) is 0. The summed E-state index contributed by atoms with van der Waals surface area (Å²) >= 11 is 2.48. The van der Waals surface area contributed by atoms with E-state index in [1.165, 1.54) is 19.3 Å². The minimum Gasteiger partial charge on any atom is -0.382 e. The van der Waals surface area contributed by atoms with E-state index >= 15 is 0 Å². The molecule has 0 N–H and O–H groups in total. The molecule has 0 amide bonds. The highest BCUT2D eigenvalue weighted by Crippen LogP contribution is 2.29. The number of alkyl halides is 1. The number of methoxy groups -OCH3 is 2. The van der Waals surface area contributed by atoms with Crippen molar-refractivity contribution < 1.29 is 14.2 Å². The third-order valence-electron chi connectivity index (χ3n) is 2.44. The summed E-state index contributed by atoms with van der Waals surface area (Å²) in [5.74, 6) is 0. The van der Waals surface area contributed by atoms with Crippen LogP contribution in [0.2, 0.25) is 0 Å². The van der Waals surface area contributed by atoms with Crippen molar-refractivity contribution in [1.29, 1.82) is 0 Å². The molecule has 0 saturated heterocycles. The summed E-state index contributed by atoms with van der Waals surface area (Å²) in [7, 11) is 3.39. The molecular weight excluding hydrogens is 295 g/mol. The molecule has 1 aliphatic rings. The Hall–Kier alpha value is 0.610. The predicted octanol–water partition coefficient (Wildman–Crippen LogP) is 2.02. The van der Waals surface area contributed by atoms with Gasteiger partial charge in [0.1, 0.15) is 6.10 Å². The summed E-state index contributed by atoms with van der Waals surface area (Å²) in [6.07, 6.45) is 4.22. The van der Waals surface area contributed by atoms with Crippen LogP contribution in [0.1, 0.15) is 19.3 Å². The lowest BCUT2D eigenvalue weighted by Crippen LogP contribution is -2.31. The second kappa shape index (κ2) is 6.98. The van der Waals surface area contributed by atoms with Crippen molar-refractivity contribution in [3.05, 3.63) is 0 Å². The lowest BCUT2D eigenvalue weighted by atomic mass is 10.3. The fourth-order valence-corrected chi connectivity index (χ4v) is 2.75.